The summed E-state index contributed by atoms with van der Waals surface area (Å²) in [7, 11) is 0. The van der Waals surface area contributed by atoms with Gasteiger partial charge in [0.05, 0.1) is 5.69 Å². The fourth-order valence-corrected chi connectivity index (χ4v) is 3.07. The lowest BCUT2D eigenvalue weighted by Gasteiger charge is -2.38. The summed E-state index contributed by atoms with van der Waals surface area (Å²) in [6.45, 7) is 8.44. The van der Waals surface area contributed by atoms with Gasteiger partial charge in [-0.15, -0.1) is 0 Å². The summed E-state index contributed by atoms with van der Waals surface area (Å²) < 4.78 is 13.6. The van der Waals surface area contributed by atoms with Gasteiger partial charge in [-0.25, -0.2) is 9.37 Å². The van der Waals surface area contributed by atoms with Gasteiger partial charge in [-0.2, -0.15) is 0 Å². The van der Waals surface area contributed by atoms with Crippen molar-refractivity contribution in [2.24, 2.45) is 5.41 Å². The number of rotatable bonds is 4. The van der Waals surface area contributed by atoms with Crippen LogP contribution in [0.15, 0.2) is 30.3 Å². The summed E-state index contributed by atoms with van der Waals surface area (Å²) in [5.74, 6) is 0.105. The van der Waals surface area contributed by atoms with Crippen LogP contribution in [0.25, 0.3) is 0 Å². The van der Waals surface area contributed by atoms with Crippen LogP contribution < -0.4 is 10.2 Å². The summed E-state index contributed by atoms with van der Waals surface area (Å²) in [5.41, 5.74) is 3.29. The van der Waals surface area contributed by atoms with E-state index >= 15 is 0 Å². The van der Waals surface area contributed by atoms with Crippen LogP contribution in [0, 0.1) is 23.6 Å². The molecule has 0 aliphatic carbocycles. The minimum atomic E-state index is -0.396. The Morgan fingerprint density at radius 1 is 1.20 bits per heavy atom. The number of aromatic nitrogens is 1. The Balaban J connectivity index is 1.73. The highest BCUT2D eigenvalue weighted by molar-refractivity contribution is 5.85. The number of halogens is 1. The van der Waals surface area contributed by atoms with Gasteiger partial charge in [0.1, 0.15) is 11.6 Å². The van der Waals surface area contributed by atoms with Gasteiger partial charge in [-0.1, -0.05) is 13.8 Å². The van der Waals surface area contributed by atoms with E-state index in [-0.39, 0.29) is 0 Å². The third-order valence-corrected chi connectivity index (χ3v) is 4.95. The minimum Gasteiger partial charge on any atom is -0.371 e. The Labute approximate surface area is 148 Å². The van der Waals surface area contributed by atoms with Crippen molar-refractivity contribution in [3.63, 3.8) is 0 Å². The van der Waals surface area contributed by atoms with Crippen molar-refractivity contribution in [1.29, 1.82) is 5.41 Å². The Morgan fingerprint density at radius 3 is 2.44 bits per heavy atom. The molecular formula is C20H25FN4. The minimum absolute atomic E-state index is 0.320. The lowest BCUT2D eigenvalue weighted by Crippen LogP contribution is -2.37. The lowest BCUT2D eigenvalue weighted by molar-refractivity contribution is 0.280. The predicted molar refractivity (Wildman–Crippen MR) is 102 cm³/mol. The SMILES string of the molecule is Cc1nc(Nc2ccc(N3CCC(C)(C)CC3)cc2)c(C=N)cc1F. The Hall–Kier alpha value is -2.43. The summed E-state index contributed by atoms with van der Waals surface area (Å²) in [6, 6.07) is 9.54. The number of benzene rings is 1. The molecule has 0 atom stereocenters. The average Bonchev–Trinajstić information content (AvgIpc) is 2.59. The molecular weight excluding hydrogens is 315 g/mol. The van der Waals surface area contributed by atoms with Crippen molar-refractivity contribution >= 4 is 23.4 Å². The third-order valence-electron chi connectivity index (χ3n) is 4.95. The van der Waals surface area contributed by atoms with Gasteiger partial charge in [0, 0.05) is 36.2 Å². The van der Waals surface area contributed by atoms with Crippen LogP contribution in [0.1, 0.15) is 37.9 Å². The molecule has 1 aliphatic heterocycles. The number of hydrogen-bond donors (Lipinski definition) is 2. The maximum atomic E-state index is 13.6. The molecule has 0 bridgehead atoms. The second kappa shape index (κ2) is 6.82. The van der Waals surface area contributed by atoms with E-state index in [1.165, 1.54) is 24.6 Å². The standard InChI is InChI=1S/C20H25FN4/c1-14-18(21)12-15(13-22)19(23-14)24-16-4-6-17(7-5-16)25-10-8-20(2,3)9-11-25/h4-7,12-13,22H,8-11H2,1-3H3,(H,23,24). The summed E-state index contributed by atoms with van der Waals surface area (Å²) in [5, 5.41) is 10.6. The molecule has 3 rings (SSSR count). The Kier molecular flexibility index (Phi) is 4.75. The molecule has 132 valence electrons. The molecule has 1 aromatic heterocycles. The molecule has 1 saturated heterocycles. The monoisotopic (exact) mass is 340 g/mol. The highest BCUT2D eigenvalue weighted by Gasteiger charge is 2.25. The number of pyridine rings is 1. The first-order valence-corrected chi connectivity index (χ1v) is 8.68. The molecule has 0 saturated carbocycles. The smallest absolute Gasteiger partial charge is 0.145 e. The Bertz CT molecular complexity index is 758. The van der Waals surface area contributed by atoms with E-state index in [4.69, 9.17) is 5.41 Å². The van der Waals surface area contributed by atoms with E-state index in [1.54, 1.807) is 6.92 Å². The lowest BCUT2D eigenvalue weighted by atomic mass is 9.82. The number of piperidine rings is 1. The molecule has 1 fully saturated rings. The first kappa shape index (κ1) is 17.4. The van der Waals surface area contributed by atoms with Crippen LogP contribution in [-0.2, 0) is 0 Å². The number of hydrogen-bond acceptors (Lipinski definition) is 4. The fraction of sp³-hybridized carbons (Fsp3) is 0.400. The van der Waals surface area contributed by atoms with Gasteiger partial charge in [-0.3, -0.25) is 0 Å². The van der Waals surface area contributed by atoms with Crippen molar-refractivity contribution in [2.75, 3.05) is 23.3 Å². The van der Waals surface area contributed by atoms with Crippen LogP contribution in [0.4, 0.5) is 21.6 Å². The summed E-state index contributed by atoms with van der Waals surface area (Å²) in [4.78, 5) is 6.63. The highest BCUT2D eigenvalue weighted by atomic mass is 19.1. The van der Waals surface area contributed by atoms with Crippen molar-refractivity contribution in [3.05, 3.63) is 47.4 Å². The second-order valence-electron chi connectivity index (χ2n) is 7.46. The Morgan fingerprint density at radius 2 is 1.84 bits per heavy atom. The summed E-state index contributed by atoms with van der Waals surface area (Å²) in [6.07, 6.45) is 3.52. The van der Waals surface area contributed by atoms with E-state index in [0.29, 0.717) is 22.5 Å². The fourth-order valence-electron chi connectivity index (χ4n) is 3.07. The van der Waals surface area contributed by atoms with Crippen molar-refractivity contribution in [1.82, 2.24) is 4.98 Å². The van der Waals surface area contributed by atoms with E-state index in [9.17, 15) is 4.39 Å². The average molecular weight is 340 g/mol. The molecule has 0 spiro atoms. The van der Waals surface area contributed by atoms with Crippen LogP contribution >= 0.6 is 0 Å². The van der Waals surface area contributed by atoms with Crippen molar-refractivity contribution < 1.29 is 4.39 Å². The zero-order valence-electron chi connectivity index (χ0n) is 15.1. The van der Waals surface area contributed by atoms with Crippen molar-refractivity contribution in [3.8, 4) is 0 Å². The van der Waals surface area contributed by atoms with Gasteiger partial charge >= 0.3 is 0 Å². The molecule has 0 amide bonds. The van der Waals surface area contributed by atoms with Gasteiger partial charge in [0.2, 0.25) is 0 Å². The molecule has 1 aliphatic rings. The van der Waals surface area contributed by atoms with Crippen LogP contribution in [0.2, 0.25) is 0 Å². The largest absolute Gasteiger partial charge is 0.371 e. The van der Waals surface area contributed by atoms with E-state index in [2.05, 4.69) is 41.2 Å². The van der Waals surface area contributed by atoms with Crippen LogP contribution in [0.3, 0.4) is 0 Å². The van der Waals surface area contributed by atoms with Gasteiger partial charge < -0.3 is 15.6 Å². The van der Waals surface area contributed by atoms with E-state index in [0.717, 1.165) is 25.0 Å². The number of nitrogens with one attached hydrogen (secondary N) is 2. The van der Waals surface area contributed by atoms with Crippen molar-refractivity contribution in [2.45, 2.75) is 33.6 Å². The van der Waals surface area contributed by atoms with E-state index in [1.807, 2.05) is 12.1 Å². The van der Waals surface area contributed by atoms with Gasteiger partial charge in [0.15, 0.2) is 0 Å². The van der Waals surface area contributed by atoms with Gasteiger partial charge in [-0.05, 0) is 55.5 Å². The molecule has 0 unspecified atom stereocenters. The summed E-state index contributed by atoms with van der Waals surface area (Å²) >= 11 is 0. The molecule has 5 heteroatoms. The third kappa shape index (κ3) is 3.98. The molecule has 0 radical (unpaired) electrons. The molecule has 2 heterocycles. The van der Waals surface area contributed by atoms with E-state index < -0.39 is 5.82 Å². The zero-order valence-corrected chi connectivity index (χ0v) is 15.1. The predicted octanol–water partition coefficient (Wildman–Crippen LogP) is 4.90. The second-order valence-corrected chi connectivity index (χ2v) is 7.46. The normalized spacial score (nSPS) is 16.6. The molecule has 4 nitrogen and oxygen atoms in total. The quantitative estimate of drug-likeness (QED) is 0.779. The molecule has 2 N–H and O–H groups in total. The van der Waals surface area contributed by atoms with Gasteiger partial charge in [0.25, 0.3) is 0 Å². The molecule has 1 aromatic carbocycles. The first-order chi connectivity index (χ1) is 11.9. The molecule has 25 heavy (non-hydrogen) atoms. The topological polar surface area (TPSA) is 52.0 Å². The maximum absolute atomic E-state index is 13.6. The number of nitrogens with zero attached hydrogens (tertiary/aromatic N) is 2. The maximum Gasteiger partial charge on any atom is 0.145 e. The molecule has 2 aromatic rings. The van der Waals surface area contributed by atoms with Crippen LogP contribution in [0.5, 0.6) is 0 Å². The zero-order chi connectivity index (χ0) is 18.0. The first-order valence-electron chi connectivity index (χ1n) is 8.68. The highest BCUT2D eigenvalue weighted by Crippen LogP contribution is 2.32. The number of anilines is 3. The van der Waals surface area contributed by atoms with Crippen LogP contribution in [-0.4, -0.2) is 24.3 Å². The number of aryl methyl sites for hydroxylation is 1.